The van der Waals surface area contributed by atoms with Gasteiger partial charge in [-0.15, -0.1) is 0 Å². The maximum atomic E-state index is 10.4. The van der Waals surface area contributed by atoms with Crippen molar-refractivity contribution in [1.29, 1.82) is 0 Å². The third kappa shape index (κ3) is 13.3. The van der Waals surface area contributed by atoms with E-state index in [1.54, 1.807) is 4.57 Å². The van der Waals surface area contributed by atoms with Crippen molar-refractivity contribution in [3.63, 3.8) is 0 Å². The van der Waals surface area contributed by atoms with E-state index in [1.807, 2.05) is 106 Å². The molecule has 0 spiro atoms. The molecule has 3 aromatic heterocycles. The average molecular weight is 1590 g/mol. The van der Waals surface area contributed by atoms with Crippen molar-refractivity contribution in [2.24, 2.45) is 0 Å². The largest absolute Gasteiger partial charge is 0.311 e. The van der Waals surface area contributed by atoms with Crippen LogP contribution >= 0.6 is 0 Å². The highest BCUT2D eigenvalue weighted by atomic mass is 15.2. The minimum absolute atomic E-state index is 0.154. The molecule has 0 saturated carbocycles. The van der Waals surface area contributed by atoms with Crippen molar-refractivity contribution in [3.8, 4) is 90.0 Å². The summed E-state index contributed by atoms with van der Waals surface area (Å²) >= 11 is 0. The Bertz CT molecular complexity index is 8000. The molecule has 15 aromatic carbocycles. The molecule has 0 fully saturated rings. The van der Waals surface area contributed by atoms with Crippen molar-refractivity contribution in [1.82, 2.24) is 24.1 Å². The number of aromatic nitrogens is 5. The summed E-state index contributed by atoms with van der Waals surface area (Å²) in [6.45, 7) is 31.8. The Labute approximate surface area is 737 Å². The third-order valence-electron chi connectivity index (χ3n) is 24.1. The predicted molar refractivity (Wildman–Crippen MR) is 514 cm³/mol. The lowest BCUT2D eigenvalue weighted by molar-refractivity contribution is 0.569. The van der Waals surface area contributed by atoms with E-state index < -0.39 is 144 Å². The van der Waals surface area contributed by atoms with Gasteiger partial charge in [0.2, 0.25) is 0 Å². The molecule has 0 aliphatic carbocycles. The molecule has 590 valence electrons. The van der Waals surface area contributed by atoms with Gasteiger partial charge in [-0.3, -0.25) is 0 Å². The van der Waals surface area contributed by atoms with Gasteiger partial charge in [0.15, 0.2) is 17.5 Å². The maximum absolute atomic E-state index is 10.4. The number of fused-ring (bicyclic) bond motifs is 10. The van der Waals surface area contributed by atoms with Gasteiger partial charge in [0.05, 0.1) is 63.8 Å². The van der Waals surface area contributed by atoms with E-state index in [2.05, 4.69) is 237 Å². The average Bonchev–Trinajstić information content (AvgIpc) is 1.65. The summed E-state index contributed by atoms with van der Waals surface area (Å²) in [5.74, 6) is -1.25. The fraction of sp³-hybridized carbons (Fsp3) is 0.177. The summed E-state index contributed by atoms with van der Waals surface area (Å²) < 4.78 is 177. The smallest absolute Gasteiger partial charge is 0.252 e. The first-order valence-corrected chi connectivity index (χ1v) is 41.4. The third-order valence-corrected chi connectivity index (χ3v) is 24.1. The lowest BCUT2D eigenvalue weighted by Gasteiger charge is -2.46. The SMILES string of the molecule is [2H]c1c([2H])c([2H])c(-c2nc(-c3cc(C(C)(C)C)cc(-c4ccccc4)c3N3c4cc(-c5cc(C(C)(C)C)cc(C(C)(C)C)c5)ccc4B4c5ccc(-n6c7ccc(C(C)(C)C)cc7c7cc(C(C)(C)C)ccc76)cc5N(c5ccc(-c6ccccc6)cc5-c5ccccc5)c5cc(-n6c7c([2H])c([2H])c([2H])c([2H])c7c7c([2H])c([2H])c([2H])c([2H])c76)cc3c54)nc(-c3c([2H])c([2H])c([2H])c([2H])c3[2H])n2)c([2H])c1[2H]. The maximum Gasteiger partial charge on any atom is 0.252 e. The van der Waals surface area contributed by atoms with Crippen LogP contribution in [-0.4, -0.2) is 30.8 Å². The number of para-hydroxylation sites is 2. The fourth-order valence-corrected chi connectivity index (χ4v) is 17.6. The Morgan fingerprint density at radius 3 is 1.21 bits per heavy atom. The molecule has 0 unspecified atom stereocenters. The van der Waals surface area contributed by atoms with E-state index in [0.717, 1.165) is 94.1 Å². The summed E-state index contributed by atoms with van der Waals surface area (Å²) in [4.78, 5) is 20.1. The second kappa shape index (κ2) is 28.7. The molecule has 2 aliphatic rings. The first-order chi connectivity index (χ1) is 65.6. The number of hydrogen-bond acceptors (Lipinski definition) is 5. The summed E-state index contributed by atoms with van der Waals surface area (Å²) in [5.41, 5.74) is 16.6. The second-order valence-corrected chi connectivity index (χ2v) is 37.2. The number of nitrogens with zero attached hydrogens (tertiary/aromatic N) is 7. The Kier molecular flexibility index (Phi) is 13.8. The molecule has 18 aromatic rings. The van der Waals surface area contributed by atoms with Gasteiger partial charge in [-0.25, -0.2) is 15.0 Å². The zero-order valence-electron chi connectivity index (χ0n) is 88.6. The van der Waals surface area contributed by atoms with E-state index in [-0.39, 0.29) is 60.5 Å². The summed E-state index contributed by atoms with van der Waals surface area (Å²) in [7, 11) is 0. The number of hydrogen-bond donors (Lipinski definition) is 0. The first kappa shape index (κ1) is 58.5. The van der Waals surface area contributed by atoms with Crippen molar-refractivity contribution >= 4 is 101 Å². The molecule has 0 saturated heterocycles. The molecule has 7 nitrogen and oxygen atoms in total. The highest BCUT2D eigenvalue weighted by Gasteiger charge is 2.46. The zero-order valence-corrected chi connectivity index (χ0v) is 70.6. The Hall–Kier alpha value is -13.4. The van der Waals surface area contributed by atoms with Crippen LogP contribution in [0, 0.1) is 0 Å². The first-order valence-electron chi connectivity index (χ1n) is 50.4. The molecule has 0 atom stereocenters. The van der Waals surface area contributed by atoms with Crippen LogP contribution in [0.5, 0.6) is 0 Å². The van der Waals surface area contributed by atoms with Gasteiger partial charge < -0.3 is 18.9 Å². The van der Waals surface area contributed by atoms with Crippen LogP contribution in [0.2, 0.25) is 0 Å². The molecular weight excluding hydrogens is 1470 g/mol. The molecule has 121 heavy (non-hydrogen) atoms. The van der Waals surface area contributed by atoms with Gasteiger partial charge in [0.25, 0.3) is 6.71 Å². The summed E-state index contributed by atoms with van der Waals surface area (Å²) in [6.07, 6.45) is 0. The van der Waals surface area contributed by atoms with E-state index in [4.69, 9.17) is 17.7 Å². The molecule has 2 aliphatic heterocycles. The van der Waals surface area contributed by atoms with Gasteiger partial charge in [0, 0.05) is 77.8 Å². The number of anilines is 6. The van der Waals surface area contributed by atoms with Crippen LogP contribution < -0.4 is 26.2 Å². The molecule has 0 bridgehead atoms. The fourth-order valence-electron chi connectivity index (χ4n) is 17.6. The van der Waals surface area contributed by atoms with Crippen molar-refractivity contribution in [2.45, 2.75) is 131 Å². The van der Waals surface area contributed by atoms with Crippen molar-refractivity contribution in [2.75, 3.05) is 9.80 Å². The van der Waals surface area contributed by atoms with Gasteiger partial charge in [0.1, 0.15) is 0 Å². The van der Waals surface area contributed by atoms with Gasteiger partial charge in [-0.1, -0.05) is 346 Å². The molecule has 8 heteroatoms. The predicted octanol–water partition coefficient (Wildman–Crippen LogP) is 28.3. The van der Waals surface area contributed by atoms with Gasteiger partial charge in [-0.05, 0) is 196 Å². The standard InChI is InChI=1S/C113H100BN7/c1-109(2,3)79-51-57-98-90(64-79)91-65-80(110(4,5)6)52-58-99(91)118(98)84-53-55-94-101(68-84)120(97-56-50-76(71-35-21-16-22-36-71)61-88(97)72-37-23-17-24-38-72)102-69-85(119-95-47-33-31-45-86(95)87-46-32-34-48-96(87)119)70-103-104(102)114(94)93-54-49-77(78-59-81(111(7,8)9)63-82(60-78)112(10,11)12)62-100(93)121(103)105-89(73-39-25-18-26-40-73)66-83(113(13,14)15)67-92(105)108-116-106(74-41-27-19-28-42-74)115-107(117-108)75-43-29-20-30-44-75/h16-70H,1-15H3/i19D,20D,27D,28D,29D,30D,31D,32D,33D,34D,41D,42D,43D,44D,45D,46D,47D,48D. The minimum Gasteiger partial charge on any atom is -0.311 e. The number of rotatable bonds is 11. The number of benzene rings is 15. The summed E-state index contributed by atoms with van der Waals surface area (Å²) in [6, 6.07) is 66.0. The van der Waals surface area contributed by atoms with Crippen LogP contribution in [0.3, 0.4) is 0 Å². The second-order valence-electron chi connectivity index (χ2n) is 37.2. The lowest BCUT2D eigenvalue weighted by Crippen LogP contribution is -2.61. The quantitative estimate of drug-likeness (QED) is 0.121. The molecule has 20 rings (SSSR count). The normalized spacial score (nSPS) is 15.1. The minimum atomic E-state index is -0.815. The summed E-state index contributed by atoms with van der Waals surface area (Å²) in [5, 5.41) is 1.80. The van der Waals surface area contributed by atoms with Crippen LogP contribution in [-0.2, 0) is 27.1 Å². The molecular formula is C113H100BN7. The van der Waals surface area contributed by atoms with Crippen LogP contribution in [0.1, 0.15) is 156 Å². The Morgan fingerprint density at radius 2 is 0.678 bits per heavy atom. The van der Waals surface area contributed by atoms with Gasteiger partial charge in [-0.2, -0.15) is 0 Å². The Morgan fingerprint density at radius 1 is 0.256 bits per heavy atom. The van der Waals surface area contributed by atoms with E-state index in [0.29, 0.717) is 56.3 Å². The molecule has 0 amide bonds. The van der Waals surface area contributed by atoms with Crippen molar-refractivity contribution < 1.29 is 24.7 Å². The van der Waals surface area contributed by atoms with Gasteiger partial charge >= 0.3 is 0 Å². The van der Waals surface area contributed by atoms with E-state index in [1.165, 1.54) is 0 Å². The molecule has 0 radical (unpaired) electrons. The zero-order chi connectivity index (χ0) is 99.0. The molecule has 5 heterocycles. The van der Waals surface area contributed by atoms with E-state index in [9.17, 15) is 21.9 Å². The van der Waals surface area contributed by atoms with Crippen LogP contribution in [0.15, 0.2) is 333 Å². The van der Waals surface area contributed by atoms with E-state index >= 15 is 0 Å². The highest BCUT2D eigenvalue weighted by molar-refractivity contribution is 7.00. The van der Waals surface area contributed by atoms with Crippen LogP contribution in [0.25, 0.3) is 134 Å². The molecule has 0 N–H and O–H groups in total. The van der Waals surface area contributed by atoms with Crippen LogP contribution in [0.4, 0.5) is 34.1 Å². The van der Waals surface area contributed by atoms with Crippen molar-refractivity contribution in [3.05, 3.63) is 361 Å². The lowest BCUT2D eigenvalue weighted by atomic mass is 9.33. The highest BCUT2D eigenvalue weighted by Crippen LogP contribution is 2.55. The topological polar surface area (TPSA) is 55.0 Å². The Balaban J connectivity index is 1.04. The monoisotopic (exact) mass is 1580 g/mol.